The Bertz CT molecular complexity index is 525. The average Bonchev–Trinajstić information content (AvgIpc) is 2.48. The summed E-state index contributed by atoms with van der Waals surface area (Å²) in [4.78, 5) is 23.2. The van der Waals surface area contributed by atoms with Gasteiger partial charge >= 0.3 is 5.69 Å². The molecular formula is C15H21N3O3. The Kier molecular flexibility index (Phi) is 5.14. The van der Waals surface area contributed by atoms with Gasteiger partial charge in [-0.15, -0.1) is 0 Å². The molecule has 1 aromatic rings. The summed E-state index contributed by atoms with van der Waals surface area (Å²) in [6.07, 6.45) is 5.30. The maximum absolute atomic E-state index is 12.4. The molecule has 1 fully saturated rings. The highest BCUT2D eigenvalue weighted by molar-refractivity contribution is 6.00. The van der Waals surface area contributed by atoms with Crippen LogP contribution < -0.4 is 10.6 Å². The van der Waals surface area contributed by atoms with Crippen molar-refractivity contribution in [2.24, 2.45) is 0 Å². The second-order valence-electron chi connectivity index (χ2n) is 5.30. The van der Waals surface area contributed by atoms with Crippen molar-refractivity contribution in [2.75, 3.05) is 11.9 Å². The van der Waals surface area contributed by atoms with Gasteiger partial charge in [-0.1, -0.05) is 25.3 Å². The molecule has 0 bridgehead atoms. The first-order chi connectivity index (χ1) is 10.1. The first kappa shape index (κ1) is 15.3. The van der Waals surface area contributed by atoms with Gasteiger partial charge in [0.1, 0.15) is 11.3 Å². The summed E-state index contributed by atoms with van der Waals surface area (Å²) in [6.45, 7) is 2.42. The third kappa shape index (κ3) is 3.71. The summed E-state index contributed by atoms with van der Waals surface area (Å²) in [5.74, 6) is -0.353. The molecule has 6 nitrogen and oxygen atoms in total. The lowest BCUT2D eigenvalue weighted by molar-refractivity contribution is -0.384. The molecule has 0 spiro atoms. The Morgan fingerprint density at radius 1 is 1.33 bits per heavy atom. The molecule has 0 heterocycles. The summed E-state index contributed by atoms with van der Waals surface area (Å²) < 4.78 is 0. The van der Waals surface area contributed by atoms with Crippen LogP contribution in [0.5, 0.6) is 0 Å². The molecular weight excluding hydrogens is 270 g/mol. The van der Waals surface area contributed by atoms with Crippen LogP contribution in [-0.4, -0.2) is 23.4 Å². The summed E-state index contributed by atoms with van der Waals surface area (Å²) in [7, 11) is 0. The van der Waals surface area contributed by atoms with E-state index in [2.05, 4.69) is 10.6 Å². The van der Waals surface area contributed by atoms with Crippen LogP contribution >= 0.6 is 0 Å². The van der Waals surface area contributed by atoms with E-state index >= 15 is 0 Å². The number of anilines is 1. The van der Waals surface area contributed by atoms with Gasteiger partial charge in [-0.05, 0) is 31.9 Å². The lowest BCUT2D eigenvalue weighted by Gasteiger charge is -2.22. The molecule has 0 atom stereocenters. The zero-order valence-corrected chi connectivity index (χ0v) is 12.2. The van der Waals surface area contributed by atoms with Gasteiger partial charge in [-0.3, -0.25) is 14.9 Å². The second-order valence-corrected chi connectivity index (χ2v) is 5.30. The predicted molar refractivity (Wildman–Crippen MR) is 81.6 cm³/mol. The van der Waals surface area contributed by atoms with Crippen LogP contribution in [0.25, 0.3) is 0 Å². The fraction of sp³-hybridized carbons (Fsp3) is 0.533. The number of hydrogen-bond acceptors (Lipinski definition) is 4. The van der Waals surface area contributed by atoms with Gasteiger partial charge in [0, 0.05) is 12.6 Å². The molecule has 114 valence electrons. The van der Waals surface area contributed by atoms with Gasteiger partial charge in [0.2, 0.25) is 0 Å². The monoisotopic (exact) mass is 291 g/mol. The quantitative estimate of drug-likeness (QED) is 0.645. The minimum atomic E-state index is -0.492. The molecule has 1 aromatic carbocycles. The number of nitro benzene ring substituents is 1. The van der Waals surface area contributed by atoms with Crippen LogP contribution in [0.2, 0.25) is 0 Å². The van der Waals surface area contributed by atoms with Crippen LogP contribution in [0, 0.1) is 10.1 Å². The molecule has 0 radical (unpaired) electrons. The van der Waals surface area contributed by atoms with Gasteiger partial charge in [0.25, 0.3) is 5.91 Å². The number of rotatable bonds is 5. The van der Waals surface area contributed by atoms with Gasteiger partial charge in [-0.25, -0.2) is 0 Å². The molecule has 2 rings (SSSR count). The van der Waals surface area contributed by atoms with Crippen molar-refractivity contribution in [2.45, 2.75) is 45.1 Å². The highest BCUT2D eigenvalue weighted by atomic mass is 16.6. The van der Waals surface area contributed by atoms with Gasteiger partial charge < -0.3 is 10.6 Å². The number of para-hydroxylation sites is 1. The Morgan fingerprint density at radius 2 is 2.05 bits per heavy atom. The number of benzene rings is 1. The third-order valence-corrected chi connectivity index (χ3v) is 3.77. The molecule has 6 heteroatoms. The lowest BCUT2D eigenvalue weighted by atomic mass is 9.95. The van der Waals surface area contributed by atoms with Crippen molar-refractivity contribution in [3.8, 4) is 0 Å². The first-order valence-corrected chi connectivity index (χ1v) is 7.45. The van der Waals surface area contributed by atoms with Crippen LogP contribution in [0.3, 0.4) is 0 Å². The van der Waals surface area contributed by atoms with Crippen molar-refractivity contribution in [3.63, 3.8) is 0 Å². The zero-order valence-electron chi connectivity index (χ0n) is 12.2. The minimum absolute atomic E-state index is 0.129. The SMILES string of the molecule is CCNc1cccc(C(=O)NC2CCCCC2)c1[N+](=O)[O-]. The smallest absolute Gasteiger partial charge is 0.305 e. The van der Waals surface area contributed by atoms with E-state index in [9.17, 15) is 14.9 Å². The van der Waals surface area contributed by atoms with Gasteiger partial charge in [-0.2, -0.15) is 0 Å². The van der Waals surface area contributed by atoms with Gasteiger partial charge in [0.15, 0.2) is 0 Å². The van der Waals surface area contributed by atoms with Crippen molar-refractivity contribution < 1.29 is 9.72 Å². The molecule has 1 saturated carbocycles. The van der Waals surface area contributed by atoms with E-state index in [1.807, 2.05) is 6.92 Å². The minimum Gasteiger partial charge on any atom is -0.380 e. The fourth-order valence-electron chi connectivity index (χ4n) is 2.77. The summed E-state index contributed by atoms with van der Waals surface area (Å²) in [5.41, 5.74) is 0.371. The van der Waals surface area contributed by atoms with Crippen molar-refractivity contribution >= 4 is 17.3 Å². The van der Waals surface area contributed by atoms with E-state index in [0.717, 1.165) is 25.7 Å². The fourth-order valence-corrected chi connectivity index (χ4v) is 2.77. The number of nitrogens with zero attached hydrogens (tertiary/aromatic N) is 1. The first-order valence-electron chi connectivity index (χ1n) is 7.45. The molecule has 1 aliphatic rings. The maximum atomic E-state index is 12.4. The lowest BCUT2D eigenvalue weighted by Crippen LogP contribution is -2.36. The third-order valence-electron chi connectivity index (χ3n) is 3.77. The molecule has 0 unspecified atom stereocenters. The molecule has 1 amide bonds. The summed E-state index contributed by atoms with van der Waals surface area (Å²) in [5, 5.41) is 17.2. The van der Waals surface area contributed by atoms with Crippen molar-refractivity contribution in [3.05, 3.63) is 33.9 Å². The van der Waals surface area contributed by atoms with Gasteiger partial charge in [0.05, 0.1) is 4.92 Å². The Balaban J connectivity index is 2.22. The number of amides is 1. The number of hydrogen-bond donors (Lipinski definition) is 2. The predicted octanol–water partition coefficient (Wildman–Crippen LogP) is 3.09. The standard InChI is InChI=1S/C15H21N3O3/c1-2-16-13-10-6-9-12(14(13)18(20)21)15(19)17-11-7-4-3-5-8-11/h6,9-11,16H,2-5,7-8H2,1H3,(H,17,19). The summed E-state index contributed by atoms with van der Waals surface area (Å²) >= 11 is 0. The topological polar surface area (TPSA) is 84.3 Å². The molecule has 0 saturated heterocycles. The molecule has 1 aliphatic carbocycles. The zero-order chi connectivity index (χ0) is 15.2. The molecule has 2 N–H and O–H groups in total. The van der Waals surface area contributed by atoms with E-state index < -0.39 is 4.92 Å². The molecule has 0 aliphatic heterocycles. The Labute approximate surface area is 124 Å². The van der Waals surface area contributed by atoms with E-state index in [0.29, 0.717) is 12.2 Å². The van der Waals surface area contributed by atoms with E-state index in [1.165, 1.54) is 12.5 Å². The number of carbonyl (C=O) groups excluding carboxylic acids is 1. The Hall–Kier alpha value is -2.11. The normalized spacial score (nSPS) is 15.5. The molecule has 21 heavy (non-hydrogen) atoms. The largest absolute Gasteiger partial charge is 0.380 e. The van der Waals surface area contributed by atoms with Crippen LogP contribution in [-0.2, 0) is 0 Å². The second kappa shape index (κ2) is 7.06. The summed E-state index contributed by atoms with van der Waals surface area (Å²) in [6, 6.07) is 4.94. The number of nitrogens with one attached hydrogen (secondary N) is 2. The van der Waals surface area contributed by atoms with E-state index in [4.69, 9.17) is 0 Å². The number of nitro groups is 1. The number of carbonyl (C=O) groups is 1. The van der Waals surface area contributed by atoms with Crippen LogP contribution in [0.4, 0.5) is 11.4 Å². The van der Waals surface area contributed by atoms with E-state index in [-0.39, 0.29) is 23.2 Å². The van der Waals surface area contributed by atoms with Crippen molar-refractivity contribution in [1.29, 1.82) is 0 Å². The van der Waals surface area contributed by atoms with Crippen LogP contribution in [0.15, 0.2) is 18.2 Å². The molecule has 0 aromatic heterocycles. The van der Waals surface area contributed by atoms with Crippen molar-refractivity contribution in [1.82, 2.24) is 5.32 Å². The van der Waals surface area contributed by atoms with E-state index in [1.54, 1.807) is 12.1 Å². The highest BCUT2D eigenvalue weighted by Crippen LogP contribution is 2.29. The Morgan fingerprint density at radius 3 is 2.67 bits per heavy atom. The highest BCUT2D eigenvalue weighted by Gasteiger charge is 2.26. The average molecular weight is 291 g/mol. The maximum Gasteiger partial charge on any atom is 0.305 e. The van der Waals surface area contributed by atoms with Crippen LogP contribution in [0.1, 0.15) is 49.4 Å².